The Kier molecular flexibility index (Phi) is 4.55. The van der Waals surface area contributed by atoms with E-state index in [1.54, 1.807) is 0 Å². The van der Waals surface area contributed by atoms with E-state index >= 15 is 0 Å². The van der Waals surface area contributed by atoms with Crippen LogP contribution in [-0.4, -0.2) is 26.3 Å². The molecule has 0 amide bonds. The molecule has 1 fully saturated rings. The van der Waals surface area contributed by atoms with Gasteiger partial charge in [0.05, 0.1) is 6.10 Å². The van der Waals surface area contributed by atoms with Gasteiger partial charge in [0.15, 0.2) is 0 Å². The van der Waals surface area contributed by atoms with Crippen LogP contribution in [0, 0.1) is 0 Å². The molecule has 11 heavy (non-hydrogen) atoms. The first-order valence-electron chi connectivity index (χ1n) is 4.69. The summed E-state index contributed by atoms with van der Waals surface area (Å²) in [6, 6.07) is 0. The average Bonchev–Trinajstić information content (AvgIpc) is 2.50. The SMILES string of the molecule is CNCCCCC1CCCO1. The Morgan fingerprint density at radius 3 is 3.00 bits per heavy atom. The van der Waals surface area contributed by atoms with Gasteiger partial charge in [0.2, 0.25) is 0 Å². The third kappa shape index (κ3) is 3.73. The molecule has 0 aromatic carbocycles. The van der Waals surface area contributed by atoms with Gasteiger partial charge < -0.3 is 10.1 Å². The van der Waals surface area contributed by atoms with Crippen molar-refractivity contribution in [2.45, 2.75) is 38.2 Å². The molecular formula is C9H19NO. The van der Waals surface area contributed by atoms with E-state index in [0.717, 1.165) is 13.2 Å². The highest BCUT2D eigenvalue weighted by Gasteiger charge is 2.13. The molecule has 1 aliphatic rings. The molecule has 1 aliphatic heterocycles. The summed E-state index contributed by atoms with van der Waals surface area (Å²) in [5, 5.41) is 3.15. The lowest BCUT2D eigenvalue weighted by Crippen LogP contribution is -2.09. The zero-order chi connectivity index (χ0) is 7.94. The fraction of sp³-hybridized carbons (Fsp3) is 1.00. The minimum absolute atomic E-state index is 0.590. The summed E-state index contributed by atoms with van der Waals surface area (Å²) in [5.41, 5.74) is 0. The van der Waals surface area contributed by atoms with Crippen LogP contribution >= 0.6 is 0 Å². The highest BCUT2D eigenvalue weighted by atomic mass is 16.5. The number of ether oxygens (including phenoxy) is 1. The van der Waals surface area contributed by atoms with Crippen molar-refractivity contribution < 1.29 is 4.74 Å². The molecule has 0 aromatic rings. The van der Waals surface area contributed by atoms with Crippen LogP contribution in [0.3, 0.4) is 0 Å². The normalized spacial score (nSPS) is 24.3. The predicted molar refractivity (Wildman–Crippen MR) is 46.8 cm³/mol. The first-order chi connectivity index (χ1) is 5.43. The zero-order valence-corrected chi connectivity index (χ0v) is 7.44. The van der Waals surface area contributed by atoms with Crippen molar-refractivity contribution in [2.75, 3.05) is 20.2 Å². The molecule has 0 aliphatic carbocycles. The van der Waals surface area contributed by atoms with E-state index in [-0.39, 0.29) is 0 Å². The van der Waals surface area contributed by atoms with E-state index < -0.39 is 0 Å². The van der Waals surface area contributed by atoms with E-state index in [2.05, 4.69) is 5.32 Å². The van der Waals surface area contributed by atoms with Crippen LogP contribution in [0.25, 0.3) is 0 Å². The van der Waals surface area contributed by atoms with Crippen molar-refractivity contribution in [3.8, 4) is 0 Å². The number of nitrogens with one attached hydrogen (secondary N) is 1. The number of hydrogen-bond acceptors (Lipinski definition) is 2. The first-order valence-corrected chi connectivity index (χ1v) is 4.69. The molecule has 2 heteroatoms. The summed E-state index contributed by atoms with van der Waals surface area (Å²) in [4.78, 5) is 0. The Bertz CT molecular complexity index is 89.6. The van der Waals surface area contributed by atoms with Gasteiger partial charge in [-0.05, 0) is 45.7 Å². The Morgan fingerprint density at radius 2 is 2.36 bits per heavy atom. The molecule has 1 saturated heterocycles. The fourth-order valence-corrected chi connectivity index (χ4v) is 1.55. The van der Waals surface area contributed by atoms with Crippen molar-refractivity contribution in [1.82, 2.24) is 5.32 Å². The Morgan fingerprint density at radius 1 is 1.45 bits per heavy atom. The molecule has 1 N–H and O–H groups in total. The molecule has 1 atom stereocenters. The van der Waals surface area contributed by atoms with E-state index in [0.29, 0.717) is 6.10 Å². The third-order valence-corrected chi connectivity index (χ3v) is 2.23. The second-order valence-corrected chi connectivity index (χ2v) is 3.23. The Balaban J connectivity index is 1.86. The second kappa shape index (κ2) is 5.56. The van der Waals surface area contributed by atoms with Crippen molar-refractivity contribution in [1.29, 1.82) is 0 Å². The van der Waals surface area contributed by atoms with Gasteiger partial charge in [0, 0.05) is 6.61 Å². The summed E-state index contributed by atoms with van der Waals surface area (Å²) in [6.07, 6.45) is 7.02. The van der Waals surface area contributed by atoms with E-state index in [1.807, 2.05) is 7.05 Å². The van der Waals surface area contributed by atoms with Crippen molar-refractivity contribution in [2.24, 2.45) is 0 Å². The highest BCUT2D eigenvalue weighted by Crippen LogP contribution is 2.17. The summed E-state index contributed by atoms with van der Waals surface area (Å²) in [5.74, 6) is 0. The van der Waals surface area contributed by atoms with E-state index in [4.69, 9.17) is 4.74 Å². The molecule has 0 spiro atoms. The number of hydrogen-bond donors (Lipinski definition) is 1. The van der Waals surface area contributed by atoms with Gasteiger partial charge in [-0.3, -0.25) is 0 Å². The molecule has 0 saturated carbocycles. The smallest absolute Gasteiger partial charge is 0.0576 e. The lowest BCUT2D eigenvalue weighted by Gasteiger charge is -2.07. The summed E-state index contributed by atoms with van der Waals surface area (Å²) in [7, 11) is 2.01. The summed E-state index contributed by atoms with van der Waals surface area (Å²) < 4.78 is 5.51. The van der Waals surface area contributed by atoms with Gasteiger partial charge in [-0.1, -0.05) is 0 Å². The van der Waals surface area contributed by atoms with Crippen LogP contribution < -0.4 is 5.32 Å². The van der Waals surface area contributed by atoms with E-state index in [1.165, 1.54) is 32.1 Å². The highest BCUT2D eigenvalue weighted by molar-refractivity contribution is 4.64. The zero-order valence-electron chi connectivity index (χ0n) is 7.44. The molecule has 66 valence electrons. The van der Waals surface area contributed by atoms with Crippen LogP contribution in [0.1, 0.15) is 32.1 Å². The predicted octanol–water partition coefficient (Wildman–Crippen LogP) is 1.56. The molecule has 1 heterocycles. The monoisotopic (exact) mass is 157 g/mol. The lowest BCUT2D eigenvalue weighted by atomic mass is 10.1. The molecule has 1 rings (SSSR count). The first kappa shape index (κ1) is 9.01. The second-order valence-electron chi connectivity index (χ2n) is 3.23. The third-order valence-electron chi connectivity index (χ3n) is 2.23. The van der Waals surface area contributed by atoms with Gasteiger partial charge in [0.25, 0.3) is 0 Å². The molecule has 0 bridgehead atoms. The van der Waals surface area contributed by atoms with E-state index in [9.17, 15) is 0 Å². The molecule has 0 radical (unpaired) electrons. The van der Waals surface area contributed by atoms with Crippen LogP contribution in [-0.2, 0) is 4.74 Å². The van der Waals surface area contributed by atoms with Crippen molar-refractivity contribution >= 4 is 0 Å². The molecule has 1 unspecified atom stereocenters. The average molecular weight is 157 g/mol. The van der Waals surface area contributed by atoms with Gasteiger partial charge in [-0.25, -0.2) is 0 Å². The lowest BCUT2D eigenvalue weighted by molar-refractivity contribution is 0.102. The largest absolute Gasteiger partial charge is 0.378 e. The maximum atomic E-state index is 5.51. The molecule has 2 nitrogen and oxygen atoms in total. The summed E-state index contributed by atoms with van der Waals surface area (Å²) in [6.45, 7) is 2.14. The molecular weight excluding hydrogens is 138 g/mol. The fourth-order valence-electron chi connectivity index (χ4n) is 1.55. The minimum atomic E-state index is 0.590. The quantitative estimate of drug-likeness (QED) is 0.611. The number of rotatable bonds is 5. The maximum absolute atomic E-state index is 5.51. The molecule has 0 aromatic heterocycles. The van der Waals surface area contributed by atoms with Gasteiger partial charge in [-0.2, -0.15) is 0 Å². The van der Waals surface area contributed by atoms with Crippen molar-refractivity contribution in [3.63, 3.8) is 0 Å². The van der Waals surface area contributed by atoms with Crippen LogP contribution in [0.5, 0.6) is 0 Å². The van der Waals surface area contributed by atoms with Gasteiger partial charge in [0.1, 0.15) is 0 Å². The summed E-state index contributed by atoms with van der Waals surface area (Å²) >= 11 is 0. The maximum Gasteiger partial charge on any atom is 0.0576 e. The Hall–Kier alpha value is -0.0800. The van der Waals surface area contributed by atoms with Crippen molar-refractivity contribution in [3.05, 3.63) is 0 Å². The standard InChI is InChI=1S/C9H19NO/c1-10-7-3-2-5-9-6-4-8-11-9/h9-10H,2-8H2,1H3. The van der Waals surface area contributed by atoms with Crippen LogP contribution in [0.4, 0.5) is 0 Å². The van der Waals surface area contributed by atoms with Crippen LogP contribution in [0.15, 0.2) is 0 Å². The number of unbranched alkanes of at least 4 members (excludes halogenated alkanes) is 1. The van der Waals surface area contributed by atoms with Gasteiger partial charge >= 0.3 is 0 Å². The van der Waals surface area contributed by atoms with Gasteiger partial charge in [-0.15, -0.1) is 0 Å². The van der Waals surface area contributed by atoms with Crippen LogP contribution in [0.2, 0.25) is 0 Å². The minimum Gasteiger partial charge on any atom is -0.378 e. The topological polar surface area (TPSA) is 21.3 Å². The Labute approximate surface area is 69.3 Å².